The van der Waals surface area contributed by atoms with Crippen LogP contribution in [0.1, 0.15) is 55.7 Å². The van der Waals surface area contributed by atoms with Gasteiger partial charge in [-0.25, -0.2) is 9.59 Å². The van der Waals surface area contributed by atoms with Crippen molar-refractivity contribution >= 4 is 35.6 Å². The number of rotatable bonds is 42. The fraction of sp³-hybridized carbons (Fsp3) is 0.552. The number of carbonyl (C=O) groups is 4. The smallest absolute Gasteiger partial charge is 0.333 e. The van der Waals surface area contributed by atoms with Gasteiger partial charge in [-0.05, 0) is 61.1 Å². The summed E-state index contributed by atoms with van der Waals surface area (Å²) in [5.41, 5.74) is 3.86. The summed E-state index contributed by atoms with van der Waals surface area (Å²) in [4.78, 5) is 55.9. The number of esters is 3. The van der Waals surface area contributed by atoms with Gasteiger partial charge in [-0.15, -0.1) is 0 Å². The predicted octanol–water partition coefficient (Wildman–Crippen LogP) is 6.29. The van der Waals surface area contributed by atoms with Gasteiger partial charge < -0.3 is 66.6 Å². The van der Waals surface area contributed by atoms with Gasteiger partial charge in [0.1, 0.15) is 25.7 Å². The highest BCUT2D eigenvalue weighted by Crippen LogP contribution is 2.25. The van der Waals surface area contributed by atoms with Crippen LogP contribution < -0.4 is 4.90 Å². The lowest BCUT2D eigenvalue weighted by atomic mass is 9.97. The molecule has 1 fully saturated rings. The molecule has 1 atom stereocenters. The van der Waals surface area contributed by atoms with E-state index in [-0.39, 0.29) is 43.9 Å². The van der Waals surface area contributed by atoms with E-state index in [4.69, 9.17) is 56.8 Å². The van der Waals surface area contributed by atoms with Crippen molar-refractivity contribution in [3.05, 3.63) is 119 Å². The van der Waals surface area contributed by atoms with Gasteiger partial charge in [-0.1, -0.05) is 85.8 Å². The fourth-order valence-corrected chi connectivity index (χ4v) is 7.76. The topological polar surface area (TPSA) is 186 Å². The number of para-hydroxylation sites is 1. The average molecular weight is 1060 g/mol. The minimum atomic E-state index is -0.894. The van der Waals surface area contributed by atoms with E-state index in [0.29, 0.717) is 118 Å². The van der Waals surface area contributed by atoms with Crippen molar-refractivity contribution in [2.45, 2.75) is 51.5 Å². The summed E-state index contributed by atoms with van der Waals surface area (Å²) in [7, 11) is 1.64. The highest BCUT2D eigenvalue weighted by Gasteiger charge is 2.28. The predicted molar refractivity (Wildman–Crippen MR) is 287 cm³/mol. The maximum absolute atomic E-state index is 13.3. The molecule has 76 heavy (non-hydrogen) atoms. The number of benzene rings is 3. The number of hydrogen-bond donors (Lipinski definition) is 0. The van der Waals surface area contributed by atoms with Crippen LogP contribution in [0.2, 0.25) is 0 Å². The molecule has 1 amide bonds. The first-order valence-electron chi connectivity index (χ1n) is 26.5. The van der Waals surface area contributed by atoms with Gasteiger partial charge in [0.15, 0.2) is 0 Å². The standard InChI is InChI=1S/C58H82N2O16/c1-4-55(61)60(52-13-9-6-10-14-52)53-22-25-59(26-23-53)24-21-50-17-15-49(16-18-50)19-20-56(62)74-45-46-76-58(64)54(51-11-7-5-8-12-51)47-48(2)57(63)75-44-43-73-42-41-72-40-39-71-38-37-70-36-35-69-34-33-68-32-31-67-30-29-66-28-27-65-3/h5-20,47,53-54H,4,21-46H2,1-3H3/b20-19+,48-47+. The summed E-state index contributed by atoms with van der Waals surface area (Å²) >= 11 is 0. The van der Waals surface area contributed by atoms with Crippen molar-refractivity contribution in [3.63, 3.8) is 0 Å². The van der Waals surface area contributed by atoms with Crippen LogP contribution in [0.5, 0.6) is 0 Å². The highest BCUT2D eigenvalue weighted by atomic mass is 16.6. The van der Waals surface area contributed by atoms with E-state index in [2.05, 4.69) is 17.0 Å². The molecule has 3 aromatic rings. The third-order valence-corrected chi connectivity index (χ3v) is 11.9. The maximum atomic E-state index is 13.3. The second kappa shape index (κ2) is 40.8. The lowest BCUT2D eigenvalue weighted by Gasteiger charge is -2.38. The summed E-state index contributed by atoms with van der Waals surface area (Å²) in [6.07, 6.45) is 7.77. The zero-order valence-corrected chi connectivity index (χ0v) is 45.0. The molecule has 0 spiro atoms. The van der Waals surface area contributed by atoms with Crippen LogP contribution in [-0.4, -0.2) is 194 Å². The molecule has 0 aromatic heterocycles. The number of likely N-dealkylation sites (tertiary alicyclic amines) is 1. The molecule has 3 aromatic carbocycles. The Bertz CT molecular complexity index is 2070. The molecule has 420 valence electrons. The molecular weight excluding hydrogens is 981 g/mol. The van der Waals surface area contributed by atoms with Gasteiger partial charge in [0, 0.05) is 56.5 Å². The number of anilines is 1. The van der Waals surface area contributed by atoms with Crippen molar-refractivity contribution in [1.29, 1.82) is 0 Å². The van der Waals surface area contributed by atoms with Gasteiger partial charge in [0.25, 0.3) is 0 Å². The van der Waals surface area contributed by atoms with E-state index in [1.165, 1.54) is 17.7 Å². The molecule has 1 heterocycles. The van der Waals surface area contributed by atoms with Crippen LogP contribution in [0.4, 0.5) is 5.69 Å². The first kappa shape index (κ1) is 63.2. The fourth-order valence-electron chi connectivity index (χ4n) is 7.76. The molecule has 4 rings (SSSR count). The monoisotopic (exact) mass is 1060 g/mol. The Morgan fingerprint density at radius 3 is 1.54 bits per heavy atom. The van der Waals surface area contributed by atoms with E-state index < -0.39 is 23.8 Å². The minimum absolute atomic E-state index is 0.0143. The van der Waals surface area contributed by atoms with Crippen LogP contribution in [0.15, 0.2) is 103 Å². The number of hydrogen-bond acceptors (Lipinski definition) is 17. The van der Waals surface area contributed by atoms with E-state index in [0.717, 1.165) is 50.1 Å². The molecular formula is C58H82N2O16. The molecule has 0 radical (unpaired) electrons. The normalized spacial score (nSPS) is 13.7. The summed E-state index contributed by atoms with van der Waals surface area (Å²) in [5, 5.41) is 0. The van der Waals surface area contributed by atoms with Gasteiger partial charge in [0.05, 0.1) is 112 Å². The van der Waals surface area contributed by atoms with Crippen molar-refractivity contribution < 1.29 is 76.0 Å². The van der Waals surface area contributed by atoms with Crippen molar-refractivity contribution in [3.8, 4) is 0 Å². The number of amides is 1. The molecule has 1 aliphatic rings. The number of piperidine rings is 1. The minimum Gasteiger partial charge on any atom is -0.461 e. The molecule has 18 nitrogen and oxygen atoms in total. The van der Waals surface area contributed by atoms with E-state index >= 15 is 0 Å². The number of carbonyl (C=O) groups excluding carboxylic acids is 4. The second-order valence-electron chi connectivity index (χ2n) is 17.5. The molecule has 0 bridgehead atoms. The number of ether oxygens (including phenoxy) is 12. The SMILES string of the molecule is CCC(=O)N(c1ccccc1)C1CCN(CCc2ccc(/C=C/C(=O)OCCOC(=O)C(/C=C(\C)C(=O)OCCOCCOCCOCCOCCOCCOCCOCCOCCOC)c3ccccc3)cc2)CC1. The van der Waals surface area contributed by atoms with E-state index in [1.807, 2.05) is 60.4 Å². The summed E-state index contributed by atoms with van der Waals surface area (Å²) in [6, 6.07) is 27.1. The number of nitrogens with zero attached hydrogens (tertiary/aromatic N) is 2. The second-order valence-corrected chi connectivity index (χ2v) is 17.5. The Hall–Kier alpha value is -5.38. The maximum Gasteiger partial charge on any atom is 0.333 e. The largest absolute Gasteiger partial charge is 0.461 e. The van der Waals surface area contributed by atoms with Gasteiger partial charge in [-0.3, -0.25) is 9.59 Å². The zero-order valence-electron chi connectivity index (χ0n) is 45.0. The lowest BCUT2D eigenvalue weighted by molar-refractivity contribution is -0.150. The zero-order chi connectivity index (χ0) is 54.1. The Kier molecular flexibility index (Phi) is 33.9. The van der Waals surface area contributed by atoms with Gasteiger partial charge in [-0.2, -0.15) is 0 Å². The Labute approximate surface area is 449 Å². The van der Waals surface area contributed by atoms with Crippen LogP contribution >= 0.6 is 0 Å². The Balaban J connectivity index is 0.993. The van der Waals surface area contributed by atoms with Crippen LogP contribution in [-0.2, 0) is 82.4 Å². The van der Waals surface area contributed by atoms with Crippen LogP contribution in [0.3, 0.4) is 0 Å². The summed E-state index contributed by atoms with van der Waals surface area (Å²) in [5.74, 6) is -2.51. The summed E-state index contributed by atoms with van der Waals surface area (Å²) < 4.78 is 64.8. The molecule has 1 unspecified atom stereocenters. The highest BCUT2D eigenvalue weighted by molar-refractivity contribution is 5.94. The quantitative estimate of drug-likeness (QED) is 0.0267. The third-order valence-electron chi connectivity index (χ3n) is 11.9. The number of methoxy groups -OCH3 is 1. The third kappa shape index (κ3) is 27.6. The Morgan fingerprint density at radius 1 is 0.579 bits per heavy atom. The van der Waals surface area contributed by atoms with Crippen LogP contribution in [0, 0.1) is 0 Å². The molecule has 0 aliphatic carbocycles. The van der Waals surface area contributed by atoms with Gasteiger partial charge in [0.2, 0.25) is 5.91 Å². The lowest BCUT2D eigenvalue weighted by Crippen LogP contribution is -2.47. The molecule has 0 N–H and O–H groups in total. The molecule has 18 heteroatoms. The van der Waals surface area contributed by atoms with Crippen LogP contribution in [0.25, 0.3) is 6.08 Å². The average Bonchev–Trinajstić information content (AvgIpc) is 3.45. The van der Waals surface area contributed by atoms with Crippen molar-refractivity contribution in [1.82, 2.24) is 4.90 Å². The first-order chi connectivity index (χ1) is 37.3. The van der Waals surface area contributed by atoms with Crippen molar-refractivity contribution in [2.75, 3.05) is 164 Å². The first-order valence-corrected chi connectivity index (χ1v) is 26.5. The van der Waals surface area contributed by atoms with Gasteiger partial charge >= 0.3 is 17.9 Å². The van der Waals surface area contributed by atoms with Crippen molar-refractivity contribution in [2.24, 2.45) is 0 Å². The molecule has 1 aliphatic heterocycles. The summed E-state index contributed by atoms with van der Waals surface area (Å²) in [6.45, 7) is 13.6. The molecule has 0 saturated carbocycles. The van der Waals surface area contributed by atoms with E-state index in [9.17, 15) is 19.2 Å². The van der Waals surface area contributed by atoms with E-state index in [1.54, 1.807) is 44.4 Å². The molecule has 1 saturated heterocycles. The Morgan fingerprint density at radius 2 is 1.04 bits per heavy atom.